The summed E-state index contributed by atoms with van der Waals surface area (Å²) in [5.41, 5.74) is 1.41. The Balaban J connectivity index is 2.48. The number of aromatic nitrogens is 2. The Kier molecular flexibility index (Phi) is 2.79. The molecule has 0 N–H and O–H groups in total. The smallest absolute Gasteiger partial charge is 0.264 e. The summed E-state index contributed by atoms with van der Waals surface area (Å²) in [6.45, 7) is 1.76. The summed E-state index contributed by atoms with van der Waals surface area (Å²) in [7, 11) is 0. The molecule has 0 aliphatic rings. The van der Waals surface area contributed by atoms with Gasteiger partial charge in [-0.05, 0) is 30.7 Å². The molecule has 0 amide bonds. The van der Waals surface area contributed by atoms with E-state index in [2.05, 4.69) is 9.97 Å². The minimum absolute atomic E-state index is 0.466. The number of aryl methyl sites for hydroxylation is 1. The Hall–Kier alpha value is -1.26. The minimum atomic E-state index is -0.466. The van der Waals surface area contributed by atoms with Gasteiger partial charge in [0.25, 0.3) is 5.24 Å². The van der Waals surface area contributed by atoms with Crippen molar-refractivity contribution in [2.24, 2.45) is 0 Å². The van der Waals surface area contributed by atoms with Gasteiger partial charge >= 0.3 is 0 Å². The van der Waals surface area contributed by atoms with Crippen molar-refractivity contribution in [1.29, 1.82) is 0 Å². The maximum Gasteiger partial charge on any atom is 0.264 e. The summed E-state index contributed by atoms with van der Waals surface area (Å²) in [6, 6.07) is 5.56. The standard InChI is InChI=1S/C10H7ClN2OS/c1-6-8(9(11)14)15-10(13-6)7-4-2-3-5-12-7/h2-5H,1H3. The molecule has 2 rings (SSSR count). The normalized spacial score (nSPS) is 10.3. The zero-order valence-corrected chi connectivity index (χ0v) is 9.47. The fourth-order valence-electron chi connectivity index (χ4n) is 1.18. The van der Waals surface area contributed by atoms with Crippen molar-refractivity contribution in [3.63, 3.8) is 0 Å². The van der Waals surface area contributed by atoms with E-state index < -0.39 is 5.24 Å². The predicted molar refractivity (Wildman–Crippen MR) is 60.3 cm³/mol. The highest BCUT2D eigenvalue weighted by Gasteiger charge is 2.14. The van der Waals surface area contributed by atoms with E-state index in [4.69, 9.17) is 11.6 Å². The van der Waals surface area contributed by atoms with Crippen LogP contribution in [0.15, 0.2) is 24.4 Å². The van der Waals surface area contributed by atoms with Gasteiger partial charge in [-0.15, -0.1) is 11.3 Å². The van der Waals surface area contributed by atoms with Gasteiger partial charge in [-0.25, -0.2) is 4.98 Å². The Morgan fingerprint density at radius 2 is 2.27 bits per heavy atom. The molecule has 0 bridgehead atoms. The molecule has 0 aromatic carbocycles. The van der Waals surface area contributed by atoms with Crippen LogP contribution in [-0.4, -0.2) is 15.2 Å². The largest absolute Gasteiger partial charge is 0.275 e. The van der Waals surface area contributed by atoms with Crippen LogP contribution in [-0.2, 0) is 0 Å². The monoisotopic (exact) mass is 238 g/mol. The summed E-state index contributed by atoms with van der Waals surface area (Å²) < 4.78 is 0. The first-order chi connectivity index (χ1) is 7.18. The number of hydrogen-bond donors (Lipinski definition) is 0. The van der Waals surface area contributed by atoms with Crippen molar-refractivity contribution in [2.75, 3.05) is 0 Å². The van der Waals surface area contributed by atoms with E-state index in [1.54, 1.807) is 13.1 Å². The van der Waals surface area contributed by atoms with Gasteiger partial charge in [0.15, 0.2) is 0 Å². The number of thiazole rings is 1. The second kappa shape index (κ2) is 4.08. The molecule has 0 aliphatic carbocycles. The number of carbonyl (C=O) groups excluding carboxylic acids is 1. The van der Waals surface area contributed by atoms with Gasteiger partial charge in [0.05, 0.1) is 11.4 Å². The van der Waals surface area contributed by atoms with Crippen LogP contribution in [0.5, 0.6) is 0 Å². The molecule has 0 radical (unpaired) electrons. The molecule has 76 valence electrons. The lowest BCUT2D eigenvalue weighted by Gasteiger charge is -1.91. The molecule has 2 heterocycles. The van der Waals surface area contributed by atoms with Crippen LogP contribution in [0.4, 0.5) is 0 Å². The SMILES string of the molecule is Cc1nc(-c2ccccn2)sc1C(=O)Cl. The summed E-state index contributed by atoms with van der Waals surface area (Å²) in [6.07, 6.45) is 1.69. The van der Waals surface area contributed by atoms with Crippen LogP contribution >= 0.6 is 22.9 Å². The van der Waals surface area contributed by atoms with Crippen molar-refractivity contribution >= 4 is 28.2 Å². The third-order valence-corrected chi connectivity index (χ3v) is 3.34. The Bertz CT molecular complexity index is 495. The molecule has 0 atom stereocenters. The second-order valence-corrected chi connectivity index (χ2v) is 4.26. The van der Waals surface area contributed by atoms with E-state index in [0.29, 0.717) is 10.6 Å². The van der Waals surface area contributed by atoms with E-state index >= 15 is 0 Å². The quantitative estimate of drug-likeness (QED) is 0.756. The fourth-order valence-corrected chi connectivity index (χ4v) is 2.30. The van der Waals surface area contributed by atoms with Gasteiger partial charge in [-0.3, -0.25) is 9.78 Å². The summed E-state index contributed by atoms with van der Waals surface area (Å²) in [5, 5.41) is 0.254. The third-order valence-electron chi connectivity index (χ3n) is 1.86. The highest BCUT2D eigenvalue weighted by molar-refractivity contribution is 7.18. The van der Waals surface area contributed by atoms with Crippen LogP contribution in [0, 0.1) is 6.92 Å². The molecule has 0 unspecified atom stereocenters. The topological polar surface area (TPSA) is 42.9 Å². The maximum absolute atomic E-state index is 11.0. The molecule has 5 heteroatoms. The summed E-state index contributed by atoms with van der Waals surface area (Å²) >= 11 is 6.69. The van der Waals surface area contributed by atoms with Crippen molar-refractivity contribution in [1.82, 2.24) is 9.97 Å². The lowest BCUT2D eigenvalue weighted by molar-refractivity contribution is 0.108. The molecule has 2 aromatic rings. The van der Waals surface area contributed by atoms with Crippen LogP contribution < -0.4 is 0 Å². The van der Waals surface area contributed by atoms with E-state index in [9.17, 15) is 4.79 Å². The Morgan fingerprint density at radius 1 is 1.47 bits per heavy atom. The fraction of sp³-hybridized carbons (Fsp3) is 0.100. The molecule has 0 saturated carbocycles. The number of halogens is 1. The van der Waals surface area contributed by atoms with E-state index in [1.807, 2.05) is 18.2 Å². The van der Waals surface area contributed by atoms with Gasteiger partial charge in [0.1, 0.15) is 9.88 Å². The molecule has 0 fully saturated rings. The number of nitrogens with zero attached hydrogens (tertiary/aromatic N) is 2. The number of hydrogen-bond acceptors (Lipinski definition) is 4. The zero-order valence-electron chi connectivity index (χ0n) is 7.90. The van der Waals surface area contributed by atoms with Crippen LogP contribution in [0.3, 0.4) is 0 Å². The lowest BCUT2D eigenvalue weighted by Crippen LogP contribution is -1.86. The third kappa shape index (κ3) is 2.06. The average molecular weight is 239 g/mol. The molecule has 0 spiro atoms. The number of carbonyl (C=O) groups is 1. The maximum atomic E-state index is 11.0. The highest BCUT2D eigenvalue weighted by atomic mass is 35.5. The molecular weight excluding hydrogens is 232 g/mol. The van der Waals surface area contributed by atoms with Crippen molar-refractivity contribution < 1.29 is 4.79 Å². The van der Waals surface area contributed by atoms with Gasteiger partial charge in [-0.1, -0.05) is 6.07 Å². The van der Waals surface area contributed by atoms with Crippen LogP contribution in [0.1, 0.15) is 15.4 Å². The first-order valence-corrected chi connectivity index (χ1v) is 5.46. The zero-order chi connectivity index (χ0) is 10.8. The number of pyridine rings is 1. The number of rotatable bonds is 2. The molecule has 0 saturated heterocycles. The van der Waals surface area contributed by atoms with Crippen LogP contribution in [0.2, 0.25) is 0 Å². The van der Waals surface area contributed by atoms with Crippen LogP contribution in [0.25, 0.3) is 10.7 Å². The first kappa shape index (κ1) is 10.3. The van der Waals surface area contributed by atoms with Crippen molar-refractivity contribution in [3.05, 3.63) is 35.0 Å². The highest BCUT2D eigenvalue weighted by Crippen LogP contribution is 2.27. The first-order valence-electron chi connectivity index (χ1n) is 4.27. The molecular formula is C10H7ClN2OS. The second-order valence-electron chi connectivity index (χ2n) is 2.92. The summed E-state index contributed by atoms with van der Waals surface area (Å²) in [5.74, 6) is 0. The molecule has 2 aromatic heterocycles. The van der Waals surface area contributed by atoms with E-state index in [-0.39, 0.29) is 0 Å². The average Bonchev–Trinajstić information content (AvgIpc) is 2.62. The summed E-state index contributed by atoms with van der Waals surface area (Å²) in [4.78, 5) is 19.9. The van der Waals surface area contributed by atoms with Gasteiger partial charge in [0.2, 0.25) is 0 Å². The van der Waals surface area contributed by atoms with Gasteiger partial charge in [-0.2, -0.15) is 0 Å². The van der Waals surface area contributed by atoms with Crippen molar-refractivity contribution in [2.45, 2.75) is 6.92 Å². The minimum Gasteiger partial charge on any atom is -0.275 e. The Labute approximate surface area is 95.8 Å². The molecule has 3 nitrogen and oxygen atoms in total. The predicted octanol–water partition coefficient (Wildman–Crippen LogP) is 2.89. The van der Waals surface area contributed by atoms with Gasteiger partial charge in [0, 0.05) is 6.20 Å². The molecule has 0 aliphatic heterocycles. The lowest BCUT2D eigenvalue weighted by atomic mass is 10.3. The van der Waals surface area contributed by atoms with E-state index in [0.717, 1.165) is 10.7 Å². The Morgan fingerprint density at radius 3 is 2.80 bits per heavy atom. The van der Waals surface area contributed by atoms with Gasteiger partial charge < -0.3 is 0 Å². The van der Waals surface area contributed by atoms with Crippen molar-refractivity contribution in [3.8, 4) is 10.7 Å². The molecule has 15 heavy (non-hydrogen) atoms. The van der Waals surface area contributed by atoms with E-state index in [1.165, 1.54) is 11.3 Å².